The van der Waals surface area contributed by atoms with Crippen molar-refractivity contribution < 1.29 is 92.4 Å². The zero-order chi connectivity index (χ0) is 38.5. The van der Waals surface area contributed by atoms with Crippen LogP contribution in [0, 0.1) is 0 Å². The molecule has 51 heavy (non-hydrogen) atoms. The molecule has 1 aliphatic rings. The number of phosphoric ester groups is 1. The fourth-order valence-electron chi connectivity index (χ4n) is 4.38. The Balaban J connectivity index is 0.00000901. The van der Waals surface area contributed by atoms with Crippen molar-refractivity contribution in [2.24, 2.45) is 0 Å². The number of hydrogen-bond donors (Lipinski definition) is 1. The van der Waals surface area contributed by atoms with Gasteiger partial charge in [0.05, 0.1) is 0 Å². The lowest BCUT2D eigenvalue weighted by Gasteiger charge is -2.52. The SMILES string of the molecule is CCCCCCN(C(F)(F)C(F)(F)OP(=O)(Oc1ccccc1)Oc1ccccc1)S(=O)(=O)C1(F)C(F)(F)C(F)(F)C(F)(F)C(F)(F)C1(F)F.N. The largest absolute Gasteiger partial charge is 0.592 e. The first-order chi connectivity index (χ1) is 22.6. The van der Waals surface area contributed by atoms with Gasteiger partial charge in [-0.25, -0.2) is 17.4 Å². The van der Waals surface area contributed by atoms with E-state index >= 15 is 22.0 Å². The summed E-state index contributed by atoms with van der Waals surface area (Å²) >= 11 is 0. The van der Waals surface area contributed by atoms with E-state index in [0.717, 1.165) is 48.5 Å². The molecule has 0 heterocycles. The monoisotopic (exact) mass is 810 g/mol. The van der Waals surface area contributed by atoms with E-state index in [1.54, 1.807) is 0 Å². The second-order valence-corrected chi connectivity index (χ2v) is 13.9. The number of hydrogen-bond acceptors (Lipinski definition) is 7. The number of phosphoric acid groups is 1. The molecule has 0 unspecified atom stereocenters. The van der Waals surface area contributed by atoms with E-state index in [2.05, 4.69) is 13.6 Å². The van der Waals surface area contributed by atoms with Crippen LogP contribution >= 0.6 is 7.82 Å². The lowest BCUT2D eigenvalue weighted by molar-refractivity contribution is -0.470. The highest BCUT2D eigenvalue weighted by molar-refractivity contribution is 7.90. The van der Waals surface area contributed by atoms with Gasteiger partial charge in [0.2, 0.25) is 0 Å². The molecule has 0 atom stereocenters. The Bertz CT molecular complexity index is 1580. The van der Waals surface area contributed by atoms with Crippen molar-refractivity contribution in [3.05, 3.63) is 60.7 Å². The predicted molar refractivity (Wildman–Crippen MR) is 146 cm³/mol. The van der Waals surface area contributed by atoms with Gasteiger partial charge in [-0.1, -0.05) is 62.6 Å². The maximum absolute atomic E-state index is 15.8. The molecule has 2 aromatic carbocycles. The Hall–Kier alpha value is -2.95. The molecule has 0 amide bonds. The molecule has 0 spiro atoms. The van der Waals surface area contributed by atoms with Crippen molar-refractivity contribution in [1.29, 1.82) is 0 Å². The van der Waals surface area contributed by atoms with Gasteiger partial charge in [-0.05, 0) is 30.7 Å². The first kappa shape index (κ1) is 44.2. The Morgan fingerprint density at radius 3 is 1.39 bits per heavy atom. The molecule has 1 aliphatic carbocycles. The van der Waals surface area contributed by atoms with Crippen molar-refractivity contribution in [3.63, 3.8) is 0 Å². The highest BCUT2D eigenvalue weighted by atomic mass is 32.2. The Morgan fingerprint density at radius 1 is 0.647 bits per heavy atom. The average molecular weight is 811 g/mol. The average Bonchev–Trinajstić information content (AvgIpc) is 2.99. The van der Waals surface area contributed by atoms with Crippen LogP contribution in [0.1, 0.15) is 32.6 Å². The molecular formula is C26H26F15N2O6PS. The van der Waals surface area contributed by atoms with Gasteiger partial charge in [0.1, 0.15) is 11.5 Å². The molecule has 0 bridgehead atoms. The molecule has 1 fully saturated rings. The summed E-state index contributed by atoms with van der Waals surface area (Å²) in [6, 6.07) is 3.05. The summed E-state index contributed by atoms with van der Waals surface area (Å²) in [4.78, 5) is 0. The predicted octanol–water partition coefficient (Wildman–Crippen LogP) is 9.68. The zero-order valence-corrected chi connectivity index (χ0v) is 27.1. The standard InChI is InChI=1S/C26H23F15NO6PS.H3N/c1-2-3-4-11-16-42(50(44,45)24(37)22(33,34)20(29,30)19(27,28)21(31,32)23(24,35)36)25(38,39)26(40,41)48-49(43,46-17-12-7-5-8-13-17)47-18-14-9-6-10-15-18;/h5-10,12-15H,2-4,11,16H2,1H3;1H3. The van der Waals surface area contributed by atoms with Crippen LogP contribution in [-0.2, 0) is 19.1 Å². The second kappa shape index (κ2) is 14.1. The third-order valence-electron chi connectivity index (χ3n) is 7.06. The maximum atomic E-state index is 15.8. The molecule has 3 N–H and O–H groups in total. The van der Waals surface area contributed by atoms with Gasteiger partial charge in [0.15, 0.2) is 0 Å². The van der Waals surface area contributed by atoms with E-state index in [1.165, 1.54) is 19.1 Å². The number of unbranched alkanes of at least 4 members (excludes halogenated alkanes) is 3. The maximum Gasteiger partial charge on any atom is 0.592 e. The topological polar surface area (TPSA) is 117 Å². The third kappa shape index (κ3) is 6.74. The minimum Gasteiger partial charge on any atom is -0.395 e. The zero-order valence-electron chi connectivity index (χ0n) is 25.4. The van der Waals surface area contributed by atoms with Crippen molar-refractivity contribution in [1.82, 2.24) is 10.5 Å². The Morgan fingerprint density at radius 2 is 1.02 bits per heavy atom. The van der Waals surface area contributed by atoms with Crippen LogP contribution in [0.2, 0.25) is 0 Å². The van der Waals surface area contributed by atoms with Gasteiger partial charge >= 0.3 is 54.6 Å². The van der Waals surface area contributed by atoms with Crippen molar-refractivity contribution in [2.45, 2.75) is 79.4 Å². The van der Waals surface area contributed by atoms with Gasteiger partial charge in [-0.15, -0.1) is 4.31 Å². The second-order valence-electron chi connectivity index (χ2n) is 10.5. The smallest absolute Gasteiger partial charge is 0.395 e. The van der Waals surface area contributed by atoms with Gasteiger partial charge in [0.25, 0.3) is 10.0 Å². The summed E-state index contributed by atoms with van der Waals surface area (Å²) in [7, 11) is -15.2. The minimum atomic E-state index is -8.84. The van der Waals surface area contributed by atoms with E-state index in [4.69, 9.17) is 0 Å². The fourth-order valence-corrected chi connectivity index (χ4v) is 7.63. The first-order valence-corrected chi connectivity index (χ1v) is 16.6. The highest BCUT2D eigenvalue weighted by Crippen LogP contribution is 2.71. The van der Waals surface area contributed by atoms with Crippen LogP contribution < -0.4 is 15.2 Å². The fraction of sp³-hybridized carbons (Fsp3) is 0.538. The van der Waals surface area contributed by atoms with Gasteiger partial charge in [0, 0.05) is 6.54 Å². The number of halogens is 15. The lowest BCUT2D eigenvalue weighted by Crippen LogP contribution is -2.86. The number of para-hydroxylation sites is 2. The number of rotatable bonds is 15. The first-order valence-electron chi connectivity index (χ1n) is 13.7. The normalized spacial score (nSPS) is 20.6. The van der Waals surface area contributed by atoms with E-state index in [9.17, 15) is 56.9 Å². The molecule has 0 saturated heterocycles. The molecule has 292 valence electrons. The number of benzene rings is 2. The molecule has 1 saturated carbocycles. The van der Waals surface area contributed by atoms with Gasteiger partial charge in [-0.3, -0.25) is 0 Å². The summed E-state index contributed by atoms with van der Waals surface area (Å²) in [6.45, 7) is -1.14. The van der Waals surface area contributed by atoms with Gasteiger partial charge < -0.3 is 15.2 Å². The molecule has 0 radical (unpaired) electrons. The number of alkyl halides is 15. The number of sulfonamides is 1. The van der Waals surface area contributed by atoms with E-state index in [0.29, 0.717) is 0 Å². The van der Waals surface area contributed by atoms with Crippen molar-refractivity contribution in [3.8, 4) is 11.5 Å². The Labute approximate surface area is 279 Å². The molecule has 25 heteroatoms. The van der Waals surface area contributed by atoms with Crippen LogP contribution in [-0.4, -0.2) is 66.0 Å². The van der Waals surface area contributed by atoms with E-state index in [-0.39, 0.29) is 19.0 Å². The number of nitrogens with zero attached hydrogens (tertiary/aromatic N) is 1. The Kier molecular flexibility index (Phi) is 12.2. The van der Waals surface area contributed by atoms with Gasteiger partial charge in [-0.2, -0.15) is 66.0 Å². The highest BCUT2D eigenvalue weighted by Gasteiger charge is 3.04. The summed E-state index contributed by atoms with van der Waals surface area (Å²) in [5.41, 5.74) is 0. The molecule has 3 rings (SSSR count). The summed E-state index contributed by atoms with van der Waals surface area (Å²) in [5.74, 6) is -42.2. The van der Waals surface area contributed by atoms with E-state index in [1.807, 2.05) is 0 Å². The molecule has 0 aromatic heterocycles. The van der Waals surface area contributed by atoms with Crippen molar-refractivity contribution in [2.75, 3.05) is 6.54 Å². The van der Waals surface area contributed by atoms with Crippen LogP contribution in [0.15, 0.2) is 60.7 Å². The molecule has 2 aromatic rings. The molecular weight excluding hydrogens is 784 g/mol. The summed E-state index contributed by atoms with van der Waals surface area (Å²) in [6.07, 6.45) is -8.86. The minimum absolute atomic E-state index is 0. The van der Waals surface area contributed by atoms with Crippen LogP contribution in [0.25, 0.3) is 0 Å². The van der Waals surface area contributed by atoms with Crippen LogP contribution in [0.3, 0.4) is 0 Å². The molecule has 0 aliphatic heterocycles. The van der Waals surface area contributed by atoms with Crippen molar-refractivity contribution >= 4 is 17.8 Å². The van der Waals surface area contributed by atoms with Crippen LogP contribution in [0.4, 0.5) is 65.9 Å². The molecule has 8 nitrogen and oxygen atoms in total. The lowest BCUT2D eigenvalue weighted by atomic mass is 9.80. The summed E-state index contributed by atoms with van der Waals surface area (Å²) < 4.78 is 271. The summed E-state index contributed by atoms with van der Waals surface area (Å²) in [5, 5.41) is -8.20. The van der Waals surface area contributed by atoms with E-state index < -0.39 is 99.8 Å². The third-order valence-corrected chi connectivity index (χ3v) is 10.6. The van der Waals surface area contributed by atoms with Crippen LogP contribution in [0.5, 0.6) is 11.5 Å². The quantitative estimate of drug-likeness (QED) is 0.0824.